The molecule has 2 bridgehead atoms. The lowest BCUT2D eigenvalue weighted by Gasteiger charge is -2.43. The third-order valence-corrected chi connectivity index (χ3v) is 6.24. The van der Waals surface area contributed by atoms with E-state index in [9.17, 15) is 4.79 Å². The van der Waals surface area contributed by atoms with E-state index in [-0.39, 0.29) is 6.54 Å². The molecule has 0 spiro atoms. The average molecular weight is 304 g/mol. The monoisotopic (exact) mass is 304 g/mol. The van der Waals surface area contributed by atoms with E-state index in [2.05, 4.69) is 22.4 Å². The van der Waals surface area contributed by atoms with Crippen LogP contribution in [0.5, 0.6) is 0 Å². The van der Waals surface area contributed by atoms with Gasteiger partial charge in [0.25, 0.3) is 0 Å². The first-order valence-electron chi connectivity index (χ1n) is 9.05. The quantitative estimate of drug-likeness (QED) is 0.675. The minimum absolute atomic E-state index is 0.227. The summed E-state index contributed by atoms with van der Waals surface area (Å²) in [5.74, 6) is 2.62. The topological polar surface area (TPSA) is 52.6 Å². The van der Waals surface area contributed by atoms with Gasteiger partial charge in [0.05, 0.1) is 6.54 Å². The molecule has 0 heterocycles. The van der Waals surface area contributed by atoms with Gasteiger partial charge in [-0.1, -0.05) is 12.2 Å². The summed E-state index contributed by atoms with van der Waals surface area (Å²) in [6.45, 7) is 2.39. The first kappa shape index (κ1) is 14.7. The molecule has 0 amide bonds. The Morgan fingerprint density at radius 3 is 2.59 bits per heavy atom. The van der Waals surface area contributed by atoms with Crippen LogP contribution in [0, 0.1) is 23.7 Å². The normalized spacial score (nSPS) is 39.4. The van der Waals surface area contributed by atoms with Crippen molar-refractivity contribution in [2.24, 2.45) is 23.7 Å². The molecule has 122 valence electrons. The van der Waals surface area contributed by atoms with Gasteiger partial charge in [0, 0.05) is 18.6 Å². The molecule has 4 nitrogen and oxygen atoms in total. The van der Waals surface area contributed by atoms with Gasteiger partial charge in [0.15, 0.2) is 0 Å². The van der Waals surface area contributed by atoms with Crippen molar-refractivity contribution in [3.8, 4) is 0 Å². The molecule has 4 heteroatoms. The summed E-state index contributed by atoms with van der Waals surface area (Å²) in [5.41, 5.74) is 0. The van der Waals surface area contributed by atoms with Gasteiger partial charge in [-0.15, -0.1) is 0 Å². The number of rotatable bonds is 8. The Morgan fingerprint density at radius 1 is 1.18 bits per heavy atom. The highest BCUT2D eigenvalue weighted by Crippen LogP contribution is 2.43. The van der Waals surface area contributed by atoms with Crippen molar-refractivity contribution in [1.29, 1.82) is 0 Å². The molecule has 3 saturated carbocycles. The Balaban J connectivity index is 1.19. The highest BCUT2D eigenvalue weighted by Gasteiger charge is 2.39. The van der Waals surface area contributed by atoms with Crippen LogP contribution >= 0.6 is 0 Å². The lowest BCUT2D eigenvalue weighted by Crippen LogP contribution is -2.54. The van der Waals surface area contributed by atoms with Gasteiger partial charge in [-0.25, -0.2) is 0 Å². The van der Waals surface area contributed by atoms with Crippen molar-refractivity contribution in [3.05, 3.63) is 12.2 Å². The zero-order valence-corrected chi connectivity index (χ0v) is 13.3. The van der Waals surface area contributed by atoms with Gasteiger partial charge >= 0.3 is 5.97 Å². The number of hydrogen-bond acceptors (Lipinski definition) is 3. The van der Waals surface area contributed by atoms with Crippen molar-refractivity contribution >= 4 is 5.97 Å². The predicted octanol–water partition coefficient (Wildman–Crippen LogP) is 2.12. The highest BCUT2D eigenvalue weighted by atomic mass is 16.4. The number of nitrogens with one attached hydrogen (secondary N) is 1. The zero-order valence-electron chi connectivity index (χ0n) is 13.3. The van der Waals surface area contributed by atoms with Crippen LogP contribution in [0.3, 0.4) is 0 Å². The number of aliphatic carboxylic acids is 1. The number of fused-ring (bicyclic) bond motifs is 2. The Hall–Kier alpha value is -0.870. The second kappa shape index (κ2) is 5.97. The predicted molar refractivity (Wildman–Crippen MR) is 85.6 cm³/mol. The molecular weight excluding hydrogens is 276 g/mol. The van der Waals surface area contributed by atoms with E-state index in [0.29, 0.717) is 12.1 Å². The molecule has 22 heavy (non-hydrogen) atoms. The summed E-state index contributed by atoms with van der Waals surface area (Å²) in [6.07, 6.45) is 12.4. The summed E-state index contributed by atoms with van der Waals surface area (Å²) >= 11 is 0. The van der Waals surface area contributed by atoms with Crippen LogP contribution in [-0.4, -0.2) is 47.7 Å². The molecule has 0 aromatic heterocycles. The summed E-state index contributed by atoms with van der Waals surface area (Å²) in [7, 11) is 0. The molecular formula is C18H28N2O2. The second-order valence-corrected chi connectivity index (χ2v) is 8.04. The smallest absolute Gasteiger partial charge is 0.317 e. The molecule has 2 N–H and O–H groups in total. The average Bonchev–Trinajstić information content (AvgIpc) is 2.99. The summed E-state index contributed by atoms with van der Waals surface area (Å²) < 4.78 is 0. The standard InChI is InChI=1S/C18H28N2O2/c21-18(22)11-20(10-12-1-2-12)17-7-16(8-17)19-9-15-6-13-3-4-14(15)5-13/h3-4,12-17,19H,1-2,5-11H2,(H,21,22). The second-order valence-electron chi connectivity index (χ2n) is 8.04. The number of carboxylic acid groups (broad SMARTS) is 1. The van der Waals surface area contributed by atoms with Gasteiger partial charge in [-0.05, 0) is 68.7 Å². The van der Waals surface area contributed by atoms with E-state index in [0.717, 1.165) is 49.6 Å². The van der Waals surface area contributed by atoms with Gasteiger partial charge in [-0.2, -0.15) is 0 Å². The lowest BCUT2D eigenvalue weighted by atomic mass is 9.84. The van der Waals surface area contributed by atoms with Crippen LogP contribution in [0.4, 0.5) is 0 Å². The van der Waals surface area contributed by atoms with Gasteiger partial charge in [0.1, 0.15) is 0 Å². The number of allylic oxidation sites excluding steroid dienone is 2. The third kappa shape index (κ3) is 3.23. The van der Waals surface area contributed by atoms with Crippen LogP contribution in [-0.2, 0) is 4.79 Å². The Kier molecular flexibility index (Phi) is 3.99. The SMILES string of the molecule is O=C(O)CN(CC1CC1)C1CC(NCC2CC3C=CC2C3)C1. The van der Waals surface area contributed by atoms with Gasteiger partial charge < -0.3 is 10.4 Å². The molecule has 0 saturated heterocycles. The fourth-order valence-electron chi connectivity index (χ4n) is 4.65. The van der Waals surface area contributed by atoms with Crippen LogP contribution in [0.15, 0.2) is 12.2 Å². The van der Waals surface area contributed by atoms with E-state index in [4.69, 9.17) is 5.11 Å². The molecule has 4 aliphatic rings. The van der Waals surface area contributed by atoms with Crippen LogP contribution in [0.1, 0.15) is 38.5 Å². The van der Waals surface area contributed by atoms with Crippen molar-refractivity contribution in [2.45, 2.75) is 50.6 Å². The van der Waals surface area contributed by atoms with E-state index in [1.54, 1.807) is 0 Å². The summed E-state index contributed by atoms with van der Waals surface area (Å²) in [6, 6.07) is 1.11. The first-order chi connectivity index (χ1) is 10.7. The van der Waals surface area contributed by atoms with Crippen molar-refractivity contribution in [3.63, 3.8) is 0 Å². The maximum atomic E-state index is 11.0. The summed E-state index contributed by atoms with van der Waals surface area (Å²) in [4.78, 5) is 13.3. The molecule has 3 fully saturated rings. The fraction of sp³-hybridized carbons (Fsp3) is 0.833. The molecule has 0 radical (unpaired) electrons. The summed E-state index contributed by atoms with van der Waals surface area (Å²) in [5, 5.41) is 12.8. The Labute approximate surface area is 132 Å². The van der Waals surface area contributed by atoms with Crippen LogP contribution in [0.2, 0.25) is 0 Å². The van der Waals surface area contributed by atoms with Crippen molar-refractivity contribution in [2.75, 3.05) is 19.6 Å². The Morgan fingerprint density at radius 2 is 2.00 bits per heavy atom. The molecule has 0 aromatic rings. The number of carbonyl (C=O) groups is 1. The zero-order chi connectivity index (χ0) is 15.1. The van der Waals surface area contributed by atoms with Crippen molar-refractivity contribution in [1.82, 2.24) is 10.2 Å². The molecule has 3 atom stereocenters. The van der Waals surface area contributed by atoms with E-state index in [1.807, 2.05) is 0 Å². The fourth-order valence-corrected chi connectivity index (χ4v) is 4.65. The Bertz CT molecular complexity index is 454. The van der Waals surface area contributed by atoms with E-state index in [1.165, 1.54) is 25.7 Å². The van der Waals surface area contributed by atoms with Crippen LogP contribution < -0.4 is 5.32 Å². The van der Waals surface area contributed by atoms with Gasteiger partial charge in [-0.3, -0.25) is 9.69 Å². The van der Waals surface area contributed by atoms with Gasteiger partial charge in [0.2, 0.25) is 0 Å². The number of nitrogens with zero attached hydrogens (tertiary/aromatic N) is 1. The molecule has 4 aliphatic carbocycles. The molecule has 0 aliphatic heterocycles. The maximum Gasteiger partial charge on any atom is 0.317 e. The first-order valence-corrected chi connectivity index (χ1v) is 9.05. The van der Waals surface area contributed by atoms with Crippen molar-refractivity contribution < 1.29 is 9.90 Å². The minimum Gasteiger partial charge on any atom is -0.480 e. The minimum atomic E-state index is -0.675. The maximum absolute atomic E-state index is 11.0. The molecule has 0 aromatic carbocycles. The number of carboxylic acids is 1. The third-order valence-electron chi connectivity index (χ3n) is 6.24. The highest BCUT2D eigenvalue weighted by molar-refractivity contribution is 5.69. The number of hydrogen-bond donors (Lipinski definition) is 2. The molecule has 4 rings (SSSR count). The van der Waals surface area contributed by atoms with E-state index < -0.39 is 5.97 Å². The largest absolute Gasteiger partial charge is 0.480 e. The van der Waals surface area contributed by atoms with E-state index >= 15 is 0 Å². The lowest BCUT2D eigenvalue weighted by molar-refractivity contribution is -0.139. The van der Waals surface area contributed by atoms with Crippen LogP contribution in [0.25, 0.3) is 0 Å². The molecule has 3 unspecified atom stereocenters.